The van der Waals surface area contributed by atoms with Crippen LogP contribution in [0.3, 0.4) is 0 Å². The van der Waals surface area contributed by atoms with E-state index in [1.807, 2.05) is 18.2 Å². The first-order valence-electron chi connectivity index (χ1n) is 7.37. The molecule has 0 spiro atoms. The highest BCUT2D eigenvalue weighted by molar-refractivity contribution is 9.10. The van der Waals surface area contributed by atoms with Crippen LogP contribution in [0.4, 0.5) is 0 Å². The maximum atomic E-state index is 11.8. The monoisotopic (exact) mass is 403 g/mol. The molecule has 128 valence electrons. The van der Waals surface area contributed by atoms with Crippen LogP contribution in [0.5, 0.6) is 0 Å². The Kier molecular flexibility index (Phi) is 5.24. The lowest BCUT2D eigenvalue weighted by Crippen LogP contribution is -2.36. The zero-order valence-corrected chi connectivity index (χ0v) is 14.6. The van der Waals surface area contributed by atoms with Gasteiger partial charge in [-0.1, -0.05) is 6.07 Å². The summed E-state index contributed by atoms with van der Waals surface area (Å²) in [5.41, 5.74) is 0.838. The Morgan fingerprint density at radius 2 is 2.08 bits per heavy atom. The van der Waals surface area contributed by atoms with E-state index in [-0.39, 0.29) is 18.2 Å². The van der Waals surface area contributed by atoms with Crippen LogP contribution < -0.4 is 10.6 Å². The van der Waals surface area contributed by atoms with Crippen molar-refractivity contribution in [2.24, 2.45) is 0 Å². The summed E-state index contributed by atoms with van der Waals surface area (Å²) in [5, 5.41) is 9.28. The van der Waals surface area contributed by atoms with Gasteiger partial charge in [-0.05, 0) is 45.8 Å². The molecule has 0 saturated carbocycles. The summed E-state index contributed by atoms with van der Waals surface area (Å²) >= 11 is 3.11. The lowest BCUT2D eigenvalue weighted by molar-refractivity contribution is -0.120. The largest absolute Gasteiger partial charge is 0.444 e. The van der Waals surface area contributed by atoms with Crippen LogP contribution in [0.15, 0.2) is 58.0 Å². The molecule has 0 radical (unpaired) electrons. The highest BCUT2D eigenvalue weighted by Crippen LogP contribution is 2.13. The Balaban J connectivity index is 1.45. The number of pyridine rings is 1. The Bertz CT molecular complexity index is 858. The average Bonchev–Trinajstić information content (AvgIpc) is 3.30. The van der Waals surface area contributed by atoms with Crippen molar-refractivity contribution in [3.05, 3.63) is 64.9 Å². The lowest BCUT2D eigenvalue weighted by Gasteiger charge is -2.07. The third-order valence-electron chi connectivity index (χ3n) is 3.24. The topological polar surface area (TPSA) is 102 Å². The van der Waals surface area contributed by atoms with E-state index in [0.29, 0.717) is 17.0 Å². The third kappa shape index (κ3) is 4.54. The van der Waals surface area contributed by atoms with Gasteiger partial charge in [-0.3, -0.25) is 9.59 Å². The SMILES string of the molecule is O=C(CNC(=O)c1ccc(Br)o1)NCc1ccc(-n2cccn2)nc1. The highest BCUT2D eigenvalue weighted by atomic mass is 79.9. The molecule has 0 atom stereocenters. The number of aromatic nitrogens is 3. The fourth-order valence-corrected chi connectivity index (χ4v) is 2.31. The molecule has 0 bridgehead atoms. The summed E-state index contributed by atoms with van der Waals surface area (Å²) in [6, 6.07) is 8.60. The van der Waals surface area contributed by atoms with Crippen LogP contribution >= 0.6 is 15.9 Å². The fraction of sp³-hybridized carbons (Fsp3) is 0.125. The molecule has 0 aliphatic rings. The van der Waals surface area contributed by atoms with E-state index in [0.717, 1.165) is 5.56 Å². The van der Waals surface area contributed by atoms with Gasteiger partial charge in [-0.15, -0.1) is 0 Å². The lowest BCUT2D eigenvalue weighted by atomic mass is 10.3. The number of hydrogen-bond donors (Lipinski definition) is 2. The van der Waals surface area contributed by atoms with E-state index in [1.165, 1.54) is 6.07 Å². The van der Waals surface area contributed by atoms with E-state index in [2.05, 4.69) is 36.6 Å². The number of halogens is 1. The van der Waals surface area contributed by atoms with Crippen LogP contribution in [-0.2, 0) is 11.3 Å². The van der Waals surface area contributed by atoms with Gasteiger partial charge in [0.2, 0.25) is 5.91 Å². The molecular weight excluding hydrogens is 390 g/mol. The second kappa shape index (κ2) is 7.75. The van der Waals surface area contributed by atoms with E-state index >= 15 is 0 Å². The zero-order valence-electron chi connectivity index (χ0n) is 13.0. The van der Waals surface area contributed by atoms with Crippen LogP contribution in [0.25, 0.3) is 5.82 Å². The first kappa shape index (κ1) is 16.9. The third-order valence-corrected chi connectivity index (χ3v) is 3.67. The minimum atomic E-state index is -0.453. The highest BCUT2D eigenvalue weighted by Gasteiger charge is 2.11. The first-order chi connectivity index (χ1) is 12.1. The number of nitrogens with one attached hydrogen (secondary N) is 2. The fourth-order valence-electron chi connectivity index (χ4n) is 2.01. The van der Waals surface area contributed by atoms with Gasteiger partial charge in [-0.2, -0.15) is 5.10 Å². The Labute approximate surface area is 151 Å². The molecule has 0 aliphatic carbocycles. The van der Waals surface area contributed by atoms with Gasteiger partial charge >= 0.3 is 0 Å². The minimum absolute atomic E-state index is 0.137. The number of furan rings is 1. The van der Waals surface area contributed by atoms with E-state index in [4.69, 9.17) is 4.42 Å². The summed E-state index contributed by atoms with van der Waals surface area (Å²) < 4.78 is 7.20. The quantitative estimate of drug-likeness (QED) is 0.651. The molecule has 3 aromatic heterocycles. The maximum Gasteiger partial charge on any atom is 0.287 e. The molecule has 3 rings (SSSR count). The number of nitrogens with zero attached hydrogens (tertiary/aromatic N) is 3. The minimum Gasteiger partial charge on any atom is -0.444 e. The Hall–Kier alpha value is -2.94. The van der Waals surface area contributed by atoms with Gasteiger partial charge in [0.05, 0.1) is 6.54 Å². The van der Waals surface area contributed by atoms with Crippen LogP contribution in [0, 0.1) is 0 Å². The molecule has 9 heteroatoms. The van der Waals surface area contributed by atoms with Crippen molar-refractivity contribution in [2.45, 2.75) is 6.54 Å². The van der Waals surface area contributed by atoms with Gasteiger partial charge in [0.25, 0.3) is 5.91 Å². The summed E-state index contributed by atoms with van der Waals surface area (Å²) in [5.74, 6) is 0.0660. The summed E-state index contributed by atoms with van der Waals surface area (Å²) in [6.45, 7) is 0.170. The molecule has 0 aliphatic heterocycles. The van der Waals surface area contributed by atoms with Crippen molar-refractivity contribution < 1.29 is 14.0 Å². The number of hydrogen-bond acceptors (Lipinski definition) is 5. The first-order valence-corrected chi connectivity index (χ1v) is 8.16. The predicted molar refractivity (Wildman–Crippen MR) is 91.9 cm³/mol. The van der Waals surface area contributed by atoms with Gasteiger partial charge in [-0.25, -0.2) is 9.67 Å². The molecule has 2 amide bonds. The van der Waals surface area contributed by atoms with Crippen molar-refractivity contribution in [3.8, 4) is 5.82 Å². The van der Waals surface area contributed by atoms with E-state index < -0.39 is 5.91 Å². The smallest absolute Gasteiger partial charge is 0.287 e. The van der Waals surface area contributed by atoms with Gasteiger partial charge in [0.15, 0.2) is 16.2 Å². The molecule has 3 aromatic rings. The molecule has 8 nitrogen and oxygen atoms in total. The number of carbonyl (C=O) groups excluding carboxylic acids is 2. The summed E-state index contributed by atoms with van der Waals surface area (Å²) in [4.78, 5) is 27.9. The van der Waals surface area contributed by atoms with Crippen LogP contribution in [0.1, 0.15) is 16.1 Å². The van der Waals surface area contributed by atoms with Crippen molar-refractivity contribution >= 4 is 27.7 Å². The molecule has 0 fully saturated rings. The molecule has 0 saturated heterocycles. The van der Waals surface area contributed by atoms with Crippen molar-refractivity contribution in [3.63, 3.8) is 0 Å². The second-order valence-electron chi connectivity index (χ2n) is 5.04. The number of carbonyl (C=O) groups is 2. The molecule has 2 N–H and O–H groups in total. The van der Waals surface area contributed by atoms with Crippen molar-refractivity contribution in [2.75, 3.05) is 6.54 Å². The predicted octanol–water partition coefficient (Wildman–Crippen LogP) is 1.67. The Morgan fingerprint density at radius 1 is 1.20 bits per heavy atom. The summed E-state index contributed by atoms with van der Waals surface area (Å²) in [7, 11) is 0. The van der Waals surface area contributed by atoms with Crippen LogP contribution in [0.2, 0.25) is 0 Å². The molecule has 0 aromatic carbocycles. The van der Waals surface area contributed by atoms with Crippen molar-refractivity contribution in [1.29, 1.82) is 0 Å². The number of rotatable bonds is 6. The standard InChI is InChI=1S/C16H14BrN5O3/c17-13-4-3-12(25-13)16(24)20-10-15(23)19-9-11-2-5-14(18-8-11)22-7-1-6-21-22/h1-8H,9-10H2,(H,19,23)(H,20,24). The average molecular weight is 404 g/mol. The zero-order chi connectivity index (χ0) is 17.6. The second-order valence-corrected chi connectivity index (χ2v) is 5.82. The molecule has 0 unspecified atom stereocenters. The Morgan fingerprint density at radius 3 is 2.72 bits per heavy atom. The maximum absolute atomic E-state index is 11.8. The van der Waals surface area contributed by atoms with E-state index in [9.17, 15) is 9.59 Å². The molecule has 3 heterocycles. The normalized spacial score (nSPS) is 10.4. The van der Waals surface area contributed by atoms with Gasteiger partial charge < -0.3 is 15.1 Å². The van der Waals surface area contributed by atoms with Gasteiger partial charge in [0.1, 0.15) is 0 Å². The van der Waals surface area contributed by atoms with Gasteiger partial charge in [0, 0.05) is 25.1 Å². The number of amides is 2. The summed E-state index contributed by atoms with van der Waals surface area (Å²) in [6.07, 6.45) is 5.13. The van der Waals surface area contributed by atoms with E-state index in [1.54, 1.807) is 29.3 Å². The molecular formula is C16H14BrN5O3. The van der Waals surface area contributed by atoms with Crippen molar-refractivity contribution in [1.82, 2.24) is 25.4 Å². The molecule has 25 heavy (non-hydrogen) atoms. The van der Waals surface area contributed by atoms with Crippen LogP contribution in [-0.4, -0.2) is 33.1 Å².